The molecule has 0 spiro atoms. The molecule has 0 radical (unpaired) electrons. The van der Waals surface area contributed by atoms with Crippen LogP contribution in [0.4, 0.5) is 9.59 Å². The number of amides is 5. The van der Waals surface area contributed by atoms with Crippen molar-refractivity contribution in [1.82, 2.24) is 10.2 Å². The minimum atomic E-state index is -5.76. The molecule has 1 heterocycles. The van der Waals surface area contributed by atoms with Crippen molar-refractivity contribution in [2.75, 3.05) is 19.8 Å². The Morgan fingerprint density at radius 2 is 1.66 bits per heavy atom. The minimum absolute atomic E-state index is 0.0294. The number of barbiturate groups is 1. The number of rotatable bonds is 12. The molecular formula is C20H29Cr2N3O13. The van der Waals surface area contributed by atoms with Gasteiger partial charge in [0.05, 0.1) is 13.2 Å². The van der Waals surface area contributed by atoms with Crippen LogP contribution >= 0.6 is 0 Å². The third-order valence-electron chi connectivity index (χ3n) is 5.05. The number of nitrogens with zero attached hydrogens (tertiary/aromatic N) is 1. The summed E-state index contributed by atoms with van der Waals surface area (Å²) in [5.41, 5.74) is 4.05. The summed E-state index contributed by atoms with van der Waals surface area (Å²) in [7, 11) is 0. The van der Waals surface area contributed by atoms with Gasteiger partial charge in [0.25, 0.3) is 5.91 Å². The van der Waals surface area contributed by atoms with Crippen molar-refractivity contribution in [3.63, 3.8) is 0 Å². The van der Waals surface area contributed by atoms with Crippen molar-refractivity contribution in [1.29, 1.82) is 0 Å². The summed E-state index contributed by atoms with van der Waals surface area (Å²) >= 11 is -11.5. The molecule has 2 rings (SSSR count). The third-order valence-corrected chi connectivity index (χ3v) is 7.80. The first-order valence-corrected chi connectivity index (χ1v) is 15.3. The molecule has 5 amide bonds. The first kappa shape index (κ1) is 33.2. The van der Waals surface area contributed by atoms with Gasteiger partial charge in [-0.1, -0.05) is 50.6 Å². The Balaban J connectivity index is 0.000000686. The summed E-state index contributed by atoms with van der Waals surface area (Å²) in [4.78, 5) is 50.6. The molecule has 5 N–H and O–H groups in total. The fraction of sp³-hybridized carbons (Fsp3) is 0.500. The van der Waals surface area contributed by atoms with E-state index in [9.17, 15) is 34.4 Å². The van der Waals surface area contributed by atoms with E-state index >= 15 is 0 Å². The summed E-state index contributed by atoms with van der Waals surface area (Å²) < 4.78 is 66.7. The van der Waals surface area contributed by atoms with E-state index < -0.39 is 62.7 Å². The molecule has 0 aliphatic carbocycles. The molecule has 1 aliphatic rings. The number of unbranched alkanes of at least 4 members (excludes halogenated alkanes) is 1. The quantitative estimate of drug-likeness (QED) is 0.178. The summed E-state index contributed by atoms with van der Waals surface area (Å²) in [6.45, 7) is 3.84. The number of nitrogens with two attached hydrogens (primary N) is 1. The van der Waals surface area contributed by atoms with Gasteiger partial charge in [-0.3, -0.25) is 19.8 Å². The van der Waals surface area contributed by atoms with Crippen LogP contribution in [0.1, 0.15) is 38.7 Å². The molecule has 2 atom stereocenters. The van der Waals surface area contributed by atoms with E-state index in [4.69, 9.17) is 23.5 Å². The average molecular weight is 623 g/mol. The van der Waals surface area contributed by atoms with E-state index in [0.29, 0.717) is 12.2 Å². The van der Waals surface area contributed by atoms with E-state index in [-0.39, 0.29) is 19.6 Å². The second-order valence-corrected chi connectivity index (χ2v) is 11.5. The zero-order chi connectivity index (χ0) is 29.1. The number of hydrogen-bond acceptors (Lipinski definition) is 11. The van der Waals surface area contributed by atoms with Crippen LogP contribution in [0, 0.1) is 0 Å². The van der Waals surface area contributed by atoms with Gasteiger partial charge in [0.1, 0.15) is 6.10 Å². The van der Waals surface area contributed by atoms with Crippen LogP contribution in [-0.2, 0) is 69.8 Å². The number of imide groups is 2. The number of carbonyl (C=O) groups excluding carboxylic acids is 4. The predicted molar refractivity (Wildman–Crippen MR) is 112 cm³/mol. The molecule has 1 fully saturated rings. The van der Waals surface area contributed by atoms with Crippen molar-refractivity contribution in [3.05, 3.63) is 35.9 Å². The Labute approximate surface area is 222 Å². The Morgan fingerprint density at radius 1 is 1.08 bits per heavy atom. The number of hydrogen-bond donors (Lipinski definition) is 4. The van der Waals surface area contributed by atoms with Crippen LogP contribution in [0.2, 0.25) is 0 Å². The summed E-state index contributed by atoms with van der Waals surface area (Å²) in [6, 6.07) is 7.67. The molecule has 0 saturated carbocycles. The standard InChI is InChI=1S/C20H27N3O6.2Cr.2H2O.5O/c1-3-5-11-28-13-15(29-18(21)26)12-23-17(25)20(4-2,16(24)22-19(23)27)14-9-7-6-8-10-14;;;;;;;;;/h6-10,15H,3-5,11-13H2,1-2H3,(H2,21,26)(H,22,24,27);;;2*1H2;;;;;/q;2*+1;;;;;;;/p-2. The Hall–Kier alpha value is -2.80. The summed E-state index contributed by atoms with van der Waals surface area (Å²) in [6.07, 6.45) is -0.0994. The molecule has 0 aromatic heterocycles. The Bertz CT molecular complexity index is 1180. The zero-order valence-electron chi connectivity index (χ0n) is 20.4. The fourth-order valence-electron chi connectivity index (χ4n) is 3.41. The molecule has 214 valence electrons. The van der Waals surface area contributed by atoms with Gasteiger partial charge in [0, 0.05) is 6.61 Å². The van der Waals surface area contributed by atoms with E-state index in [0.717, 1.165) is 17.7 Å². The Kier molecular flexibility index (Phi) is 12.6. The molecule has 18 heteroatoms. The van der Waals surface area contributed by atoms with Crippen molar-refractivity contribution in [3.8, 4) is 0 Å². The van der Waals surface area contributed by atoms with E-state index in [1.165, 1.54) is 0 Å². The number of urea groups is 1. The number of benzene rings is 1. The van der Waals surface area contributed by atoms with Crippen molar-refractivity contribution >= 4 is 23.9 Å². The number of nitrogens with one attached hydrogen (secondary N) is 1. The van der Waals surface area contributed by atoms with Gasteiger partial charge in [0.15, 0.2) is 5.41 Å². The maximum atomic E-state index is 13.3. The van der Waals surface area contributed by atoms with Crippen molar-refractivity contribution in [2.24, 2.45) is 5.73 Å². The van der Waals surface area contributed by atoms with Crippen LogP contribution < -0.4 is 11.1 Å². The first-order valence-electron chi connectivity index (χ1n) is 11.0. The van der Waals surface area contributed by atoms with Gasteiger partial charge in [-0.05, 0) is 18.4 Å². The normalized spacial score (nSPS) is 18.7. The van der Waals surface area contributed by atoms with Gasteiger partial charge in [0.2, 0.25) is 5.91 Å². The van der Waals surface area contributed by atoms with E-state index in [1.54, 1.807) is 37.3 Å². The fourth-order valence-corrected chi connectivity index (χ4v) is 5.15. The monoisotopic (exact) mass is 623 g/mol. The first-order chi connectivity index (χ1) is 17.6. The van der Waals surface area contributed by atoms with Crippen LogP contribution in [0.5, 0.6) is 0 Å². The average Bonchev–Trinajstić information content (AvgIpc) is 2.78. The number of primary amides is 1. The van der Waals surface area contributed by atoms with Crippen LogP contribution in [-0.4, -0.2) is 63.0 Å². The topological polar surface area (TPSA) is 246 Å². The Morgan fingerprint density at radius 3 is 2.11 bits per heavy atom. The van der Waals surface area contributed by atoms with Crippen LogP contribution in [0.15, 0.2) is 30.3 Å². The maximum absolute atomic E-state index is 13.3. The van der Waals surface area contributed by atoms with Crippen LogP contribution in [0.25, 0.3) is 0 Å². The molecule has 1 aromatic rings. The predicted octanol–water partition coefficient (Wildman–Crippen LogP) is 0.0308. The molecular weight excluding hydrogens is 594 g/mol. The van der Waals surface area contributed by atoms with Gasteiger partial charge in [-0.2, -0.15) is 0 Å². The second kappa shape index (κ2) is 14.4. The summed E-state index contributed by atoms with van der Waals surface area (Å²) in [5, 5.41) is 2.25. The van der Waals surface area contributed by atoms with Gasteiger partial charge in [-0.15, -0.1) is 0 Å². The number of ether oxygens (including phenoxy) is 2. The van der Waals surface area contributed by atoms with E-state index in [1.807, 2.05) is 6.92 Å². The molecule has 1 aromatic carbocycles. The van der Waals surface area contributed by atoms with E-state index in [2.05, 4.69) is 8.16 Å². The molecule has 2 unspecified atom stereocenters. The van der Waals surface area contributed by atoms with Crippen LogP contribution in [0.3, 0.4) is 0 Å². The van der Waals surface area contributed by atoms with Gasteiger partial charge in [-0.25, -0.2) is 9.59 Å². The molecule has 0 bridgehead atoms. The van der Waals surface area contributed by atoms with Crippen molar-refractivity contribution in [2.45, 2.75) is 44.6 Å². The SMILES string of the molecule is CCCCOCC(CN1C(=O)NC(=O)C(CC)(c2ccccc2)C1=O)OC(N)=O.[O]=[Cr](=[O])([OH])[O][Cr](=[O])(=[O])[OH]. The number of carbonyl (C=O) groups is 4. The molecule has 1 saturated heterocycles. The zero-order valence-corrected chi connectivity index (χ0v) is 23.0. The second-order valence-electron chi connectivity index (χ2n) is 7.71. The molecule has 1 aliphatic heterocycles. The van der Waals surface area contributed by atoms with Gasteiger partial charge >= 0.3 is 65.7 Å². The van der Waals surface area contributed by atoms with Gasteiger partial charge < -0.3 is 15.2 Å². The molecule has 16 nitrogen and oxygen atoms in total. The van der Waals surface area contributed by atoms with Crippen molar-refractivity contribution < 1.29 is 82.2 Å². The summed E-state index contributed by atoms with van der Waals surface area (Å²) in [5.74, 6) is -1.35. The molecule has 38 heavy (non-hydrogen) atoms. The third kappa shape index (κ3) is 10.2.